The fourth-order valence-electron chi connectivity index (χ4n) is 3.66. The number of furan rings is 1. The Bertz CT molecular complexity index is 1040. The molecule has 1 aliphatic heterocycles. The van der Waals surface area contributed by atoms with E-state index in [-0.39, 0.29) is 12.5 Å². The molecule has 31 heavy (non-hydrogen) atoms. The first-order chi connectivity index (χ1) is 15.1. The van der Waals surface area contributed by atoms with Crippen LogP contribution < -0.4 is 9.64 Å². The first-order valence-corrected chi connectivity index (χ1v) is 10.7. The highest BCUT2D eigenvalue weighted by Crippen LogP contribution is 2.22. The minimum Gasteiger partial charge on any atom is -0.485 e. The molecule has 0 bridgehead atoms. The van der Waals surface area contributed by atoms with Gasteiger partial charge in [0.2, 0.25) is 0 Å². The van der Waals surface area contributed by atoms with Crippen LogP contribution in [0.2, 0.25) is 5.02 Å². The van der Waals surface area contributed by atoms with Crippen molar-refractivity contribution in [1.82, 2.24) is 4.90 Å². The highest BCUT2D eigenvalue weighted by molar-refractivity contribution is 6.30. The number of halogens is 1. The van der Waals surface area contributed by atoms with Gasteiger partial charge in [0.15, 0.2) is 5.76 Å². The molecule has 2 heterocycles. The van der Waals surface area contributed by atoms with Crippen LogP contribution in [0.15, 0.2) is 77.7 Å². The number of anilines is 1. The number of amides is 1. The molecule has 0 spiro atoms. The Kier molecular flexibility index (Phi) is 6.63. The molecule has 3 aromatic rings. The fourth-order valence-corrected chi connectivity index (χ4v) is 3.79. The second-order valence-corrected chi connectivity index (χ2v) is 7.85. The molecule has 4 rings (SSSR count). The van der Waals surface area contributed by atoms with E-state index in [0.29, 0.717) is 24.6 Å². The highest BCUT2D eigenvalue weighted by atomic mass is 35.5. The van der Waals surface area contributed by atoms with Crippen LogP contribution in [0.4, 0.5) is 5.69 Å². The Morgan fingerprint density at radius 3 is 2.52 bits per heavy atom. The van der Waals surface area contributed by atoms with Crippen molar-refractivity contribution in [3.63, 3.8) is 0 Å². The van der Waals surface area contributed by atoms with Crippen LogP contribution in [0.5, 0.6) is 5.75 Å². The molecule has 1 amide bonds. The molecule has 160 valence electrons. The Morgan fingerprint density at radius 1 is 1.03 bits per heavy atom. The lowest BCUT2D eigenvalue weighted by Crippen LogP contribution is -2.48. The maximum absolute atomic E-state index is 12.9. The lowest BCUT2D eigenvalue weighted by molar-refractivity contribution is 0.0710. The van der Waals surface area contributed by atoms with Crippen molar-refractivity contribution in [2.24, 2.45) is 0 Å². The summed E-state index contributed by atoms with van der Waals surface area (Å²) in [5.41, 5.74) is 2.18. The Hall–Kier alpha value is -3.18. The molecular weight excluding hydrogens is 412 g/mol. The average Bonchev–Trinajstić information content (AvgIpc) is 3.28. The summed E-state index contributed by atoms with van der Waals surface area (Å²) in [6.45, 7) is 6.87. The number of para-hydroxylation sites is 1. The number of hydrogen-bond donors (Lipinski definition) is 0. The number of nitrogens with zero attached hydrogens (tertiary/aromatic N) is 2. The largest absolute Gasteiger partial charge is 0.485 e. The van der Waals surface area contributed by atoms with Gasteiger partial charge in [0.1, 0.15) is 18.1 Å². The minimum atomic E-state index is -0.0888. The Morgan fingerprint density at radius 2 is 1.77 bits per heavy atom. The summed E-state index contributed by atoms with van der Waals surface area (Å²) in [7, 11) is 0. The number of hydrogen-bond acceptors (Lipinski definition) is 4. The van der Waals surface area contributed by atoms with Gasteiger partial charge in [-0.15, -0.1) is 6.58 Å². The van der Waals surface area contributed by atoms with E-state index in [2.05, 4.69) is 11.5 Å². The average molecular weight is 437 g/mol. The molecule has 0 saturated carbocycles. The fraction of sp³-hybridized carbons (Fsp3) is 0.240. The Labute approximate surface area is 187 Å². The molecule has 0 radical (unpaired) electrons. The Balaban J connectivity index is 1.32. The number of carbonyl (C=O) groups excluding carboxylic acids is 1. The van der Waals surface area contributed by atoms with Crippen LogP contribution in [0, 0.1) is 0 Å². The van der Waals surface area contributed by atoms with E-state index < -0.39 is 0 Å². The summed E-state index contributed by atoms with van der Waals surface area (Å²) in [6, 6.07) is 19.1. The standard InChI is InChI=1S/C25H25ClN2O3/c1-2-5-19-6-3-4-7-23(19)30-18-22-12-13-24(31-22)25(29)28-16-14-27(15-17-28)21-10-8-20(26)9-11-21/h2-4,6-13H,1,5,14-18H2. The van der Waals surface area contributed by atoms with Gasteiger partial charge in [-0.2, -0.15) is 0 Å². The van der Waals surface area contributed by atoms with Crippen molar-refractivity contribution in [1.29, 1.82) is 0 Å². The summed E-state index contributed by atoms with van der Waals surface area (Å²) in [4.78, 5) is 16.9. The molecule has 1 fully saturated rings. The predicted molar refractivity (Wildman–Crippen MR) is 123 cm³/mol. The van der Waals surface area contributed by atoms with Gasteiger partial charge in [-0.05, 0) is 54.4 Å². The van der Waals surface area contributed by atoms with Crippen molar-refractivity contribution in [2.75, 3.05) is 31.1 Å². The third-order valence-electron chi connectivity index (χ3n) is 5.34. The minimum absolute atomic E-state index is 0.0888. The number of allylic oxidation sites excluding steroid dienone is 1. The summed E-state index contributed by atoms with van der Waals surface area (Å²) >= 11 is 5.97. The van der Waals surface area contributed by atoms with Gasteiger partial charge in [-0.1, -0.05) is 35.9 Å². The van der Waals surface area contributed by atoms with Crippen molar-refractivity contribution in [3.8, 4) is 5.75 Å². The van der Waals surface area contributed by atoms with Crippen LogP contribution >= 0.6 is 11.6 Å². The topological polar surface area (TPSA) is 45.9 Å². The van der Waals surface area contributed by atoms with E-state index in [4.69, 9.17) is 20.8 Å². The third kappa shape index (κ3) is 5.12. The monoisotopic (exact) mass is 436 g/mol. The number of benzene rings is 2. The second-order valence-electron chi connectivity index (χ2n) is 7.41. The van der Waals surface area contributed by atoms with Crippen LogP contribution in [-0.4, -0.2) is 37.0 Å². The zero-order valence-corrected chi connectivity index (χ0v) is 18.1. The smallest absolute Gasteiger partial charge is 0.289 e. The zero-order valence-electron chi connectivity index (χ0n) is 17.3. The van der Waals surface area contributed by atoms with Crippen LogP contribution in [0.25, 0.3) is 0 Å². The maximum atomic E-state index is 12.9. The molecular formula is C25H25ClN2O3. The molecule has 1 aromatic heterocycles. The van der Waals surface area contributed by atoms with Crippen LogP contribution in [0.1, 0.15) is 21.9 Å². The van der Waals surface area contributed by atoms with Gasteiger partial charge >= 0.3 is 0 Å². The van der Waals surface area contributed by atoms with E-state index in [1.165, 1.54) is 0 Å². The van der Waals surface area contributed by atoms with E-state index >= 15 is 0 Å². The number of piperazine rings is 1. The summed E-state index contributed by atoms with van der Waals surface area (Å²) < 4.78 is 11.7. The van der Waals surface area contributed by atoms with E-state index in [1.54, 1.807) is 12.1 Å². The molecule has 0 atom stereocenters. The SMILES string of the molecule is C=CCc1ccccc1OCc1ccc(C(=O)N2CCN(c3ccc(Cl)cc3)CC2)o1. The van der Waals surface area contributed by atoms with Gasteiger partial charge in [0.05, 0.1) is 0 Å². The maximum Gasteiger partial charge on any atom is 0.289 e. The van der Waals surface area contributed by atoms with Crippen LogP contribution in [-0.2, 0) is 13.0 Å². The molecule has 2 aromatic carbocycles. The molecule has 0 unspecified atom stereocenters. The van der Waals surface area contributed by atoms with Crippen LogP contribution in [0.3, 0.4) is 0 Å². The van der Waals surface area contributed by atoms with Gasteiger partial charge in [0, 0.05) is 36.9 Å². The third-order valence-corrected chi connectivity index (χ3v) is 5.59. The van der Waals surface area contributed by atoms with Crippen molar-refractivity contribution in [2.45, 2.75) is 13.0 Å². The molecule has 0 N–H and O–H groups in total. The quantitative estimate of drug-likeness (QED) is 0.477. The molecule has 0 aliphatic carbocycles. The lowest BCUT2D eigenvalue weighted by atomic mass is 10.1. The first kappa shape index (κ1) is 21.1. The number of ether oxygens (including phenoxy) is 1. The van der Waals surface area contributed by atoms with Gasteiger partial charge in [-0.25, -0.2) is 0 Å². The molecule has 1 aliphatic rings. The van der Waals surface area contributed by atoms with Crippen molar-refractivity contribution < 1.29 is 13.9 Å². The van der Waals surface area contributed by atoms with Crippen molar-refractivity contribution >= 4 is 23.2 Å². The second kappa shape index (κ2) is 9.75. The number of carbonyl (C=O) groups is 1. The van der Waals surface area contributed by atoms with E-state index in [0.717, 1.165) is 41.5 Å². The van der Waals surface area contributed by atoms with E-state index in [1.807, 2.05) is 59.5 Å². The van der Waals surface area contributed by atoms with Gasteiger partial charge < -0.3 is 19.0 Å². The molecule has 5 nitrogen and oxygen atoms in total. The predicted octanol–water partition coefficient (Wildman–Crippen LogP) is 5.20. The van der Waals surface area contributed by atoms with E-state index in [9.17, 15) is 4.79 Å². The molecule has 6 heteroatoms. The number of rotatable bonds is 7. The lowest BCUT2D eigenvalue weighted by Gasteiger charge is -2.35. The normalized spacial score (nSPS) is 13.8. The highest BCUT2D eigenvalue weighted by Gasteiger charge is 2.24. The zero-order chi connectivity index (χ0) is 21.6. The summed E-state index contributed by atoms with van der Waals surface area (Å²) in [6.07, 6.45) is 2.58. The van der Waals surface area contributed by atoms with Crippen molar-refractivity contribution in [3.05, 3.63) is 95.4 Å². The summed E-state index contributed by atoms with van der Waals surface area (Å²) in [5.74, 6) is 1.67. The van der Waals surface area contributed by atoms with Gasteiger partial charge in [-0.3, -0.25) is 4.79 Å². The summed E-state index contributed by atoms with van der Waals surface area (Å²) in [5, 5.41) is 0.722. The molecule has 1 saturated heterocycles. The first-order valence-electron chi connectivity index (χ1n) is 10.3. The van der Waals surface area contributed by atoms with Gasteiger partial charge in [0.25, 0.3) is 5.91 Å².